The molecular weight excluding hydrogens is 338 g/mol. The molecule has 0 aliphatic heterocycles. The normalized spacial score (nSPS) is 10.3. The average molecular weight is 355 g/mol. The van der Waals surface area contributed by atoms with Crippen molar-refractivity contribution < 1.29 is 14.3 Å². The lowest BCUT2D eigenvalue weighted by atomic mass is 10.1. The predicted molar refractivity (Wildman–Crippen MR) is 96.1 cm³/mol. The number of nitrogens with one attached hydrogen (secondary N) is 1. The molecule has 3 aromatic rings. The van der Waals surface area contributed by atoms with E-state index in [0.29, 0.717) is 17.1 Å². The Morgan fingerprint density at radius 1 is 1.08 bits per heavy atom. The fourth-order valence-corrected chi connectivity index (χ4v) is 2.99. The maximum atomic E-state index is 12.5. The second-order valence-electron chi connectivity index (χ2n) is 5.17. The van der Waals surface area contributed by atoms with Gasteiger partial charge in [0.2, 0.25) is 0 Å². The highest BCUT2D eigenvalue weighted by Gasteiger charge is 2.18. The van der Waals surface area contributed by atoms with E-state index < -0.39 is 0 Å². The zero-order chi connectivity index (χ0) is 17.6. The van der Waals surface area contributed by atoms with Gasteiger partial charge in [0.25, 0.3) is 5.91 Å². The van der Waals surface area contributed by atoms with Crippen molar-refractivity contribution in [1.82, 2.24) is 14.9 Å². The van der Waals surface area contributed by atoms with E-state index in [0.717, 1.165) is 34.2 Å². The number of ether oxygens (including phenoxy) is 2. The second-order valence-corrected chi connectivity index (χ2v) is 5.93. The molecule has 1 N–H and O–H groups in total. The van der Waals surface area contributed by atoms with E-state index in [1.165, 1.54) is 0 Å². The SMILES string of the molecule is COc1ccc(-c2nnsc2C(=O)NCc2ccccc2OC)cc1. The maximum Gasteiger partial charge on any atom is 0.265 e. The van der Waals surface area contributed by atoms with E-state index in [2.05, 4.69) is 14.9 Å². The van der Waals surface area contributed by atoms with Gasteiger partial charge in [0.15, 0.2) is 0 Å². The molecule has 25 heavy (non-hydrogen) atoms. The maximum absolute atomic E-state index is 12.5. The monoisotopic (exact) mass is 355 g/mol. The Kier molecular flexibility index (Phi) is 5.25. The van der Waals surface area contributed by atoms with Gasteiger partial charge >= 0.3 is 0 Å². The van der Waals surface area contributed by atoms with Gasteiger partial charge in [0.05, 0.1) is 14.2 Å². The quantitative estimate of drug-likeness (QED) is 0.735. The van der Waals surface area contributed by atoms with Gasteiger partial charge < -0.3 is 14.8 Å². The van der Waals surface area contributed by atoms with Crippen LogP contribution in [0.4, 0.5) is 0 Å². The summed E-state index contributed by atoms with van der Waals surface area (Å²) in [7, 11) is 3.21. The number of methoxy groups -OCH3 is 2. The fourth-order valence-electron chi connectivity index (χ4n) is 2.38. The van der Waals surface area contributed by atoms with Crippen LogP contribution in [0.3, 0.4) is 0 Å². The molecule has 7 heteroatoms. The number of hydrogen-bond acceptors (Lipinski definition) is 6. The number of rotatable bonds is 6. The minimum atomic E-state index is -0.216. The smallest absolute Gasteiger partial charge is 0.265 e. The number of benzene rings is 2. The van der Waals surface area contributed by atoms with E-state index in [1.807, 2.05) is 48.5 Å². The molecule has 0 saturated heterocycles. The van der Waals surface area contributed by atoms with Crippen LogP contribution in [0.2, 0.25) is 0 Å². The number of carbonyl (C=O) groups is 1. The number of hydrogen-bond donors (Lipinski definition) is 1. The van der Waals surface area contributed by atoms with Crippen molar-refractivity contribution in [3.63, 3.8) is 0 Å². The van der Waals surface area contributed by atoms with Crippen LogP contribution in [0, 0.1) is 0 Å². The number of aromatic nitrogens is 2. The van der Waals surface area contributed by atoms with Crippen molar-refractivity contribution in [1.29, 1.82) is 0 Å². The van der Waals surface area contributed by atoms with E-state index in [-0.39, 0.29) is 5.91 Å². The molecule has 1 heterocycles. The Morgan fingerprint density at radius 2 is 1.84 bits per heavy atom. The summed E-state index contributed by atoms with van der Waals surface area (Å²) in [6, 6.07) is 14.9. The number of amides is 1. The average Bonchev–Trinajstić information content (AvgIpc) is 3.16. The van der Waals surface area contributed by atoms with Gasteiger partial charge in [0.1, 0.15) is 22.1 Å². The summed E-state index contributed by atoms with van der Waals surface area (Å²) < 4.78 is 14.4. The first-order valence-electron chi connectivity index (χ1n) is 7.59. The first kappa shape index (κ1) is 16.9. The van der Waals surface area contributed by atoms with Gasteiger partial charge in [-0.2, -0.15) is 0 Å². The number of para-hydroxylation sites is 1. The van der Waals surface area contributed by atoms with Crippen molar-refractivity contribution in [2.45, 2.75) is 6.54 Å². The lowest BCUT2D eigenvalue weighted by Crippen LogP contribution is -2.22. The molecule has 0 spiro atoms. The van der Waals surface area contributed by atoms with Gasteiger partial charge in [-0.25, -0.2) is 0 Å². The molecule has 0 atom stereocenters. The molecule has 128 valence electrons. The molecule has 3 rings (SSSR count). The summed E-state index contributed by atoms with van der Waals surface area (Å²) in [6.45, 7) is 0.364. The minimum absolute atomic E-state index is 0.216. The molecule has 0 radical (unpaired) electrons. The van der Waals surface area contributed by atoms with E-state index in [9.17, 15) is 4.79 Å². The third-order valence-corrected chi connectivity index (χ3v) is 4.41. The van der Waals surface area contributed by atoms with Crippen LogP contribution in [0.1, 0.15) is 15.2 Å². The predicted octanol–water partition coefficient (Wildman–Crippen LogP) is 3.15. The zero-order valence-electron chi connectivity index (χ0n) is 13.9. The molecular formula is C18H17N3O3S. The molecule has 0 unspecified atom stereocenters. The van der Waals surface area contributed by atoms with Crippen LogP contribution < -0.4 is 14.8 Å². The number of carbonyl (C=O) groups excluding carboxylic acids is 1. The van der Waals surface area contributed by atoms with E-state index in [4.69, 9.17) is 9.47 Å². The summed E-state index contributed by atoms with van der Waals surface area (Å²) >= 11 is 1.07. The lowest BCUT2D eigenvalue weighted by molar-refractivity contribution is 0.0955. The largest absolute Gasteiger partial charge is 0.497 e. The second kappa shape index (κ2) is 7.76. The fraction of sp³-hybridized carbons (Fsp3) is 0.167. The third kappa shape index (κ3) is 3.77. The first-order valence-corrected chi connectivity index (χ1v) is 8.37. The van der Waals surface area contributed by atoms with Gasteiger partial charge in [-0.1, -0.05) is 22.7 Å². The van der Waals surface area contributed by atoms with Crippen molar-refractivity contribution >= 4 is 17.4 Å². The van der Waals surface area contributed by atoms with Crippen LogP contribution in [0.25, 0.3) is 11.3 Å². The van der Waals surface area contributed by atoms with Gasteiger partial charge in [-0.05, 0) is 41.9 Å². The Bertz CT molecular complexity index is 862. The minimum Gasteiger partial charge on any atom is -0.497 e. The lowest BCUT2D eigenvalue weighted by Gasteiger charge is -2.09. The van der Waals surface area contributed by atoms with Crippen LogP contribution >= 0.6 is 11.5 Å². The summed E-state index contributed by atoms with van der Waals surface area (Å²) in [6.07, 6.45) is 0. The molecule has 1 amide bonds. The summed E-state index contributed by atoms with van der Waals surface area (Å²) in [5, 5.41) is 6.99. The zero-order valence-corrected chi connectivity index (χ0v) is 14.7. The number of nitrogens with zero attached hydrogens (tertiary/aromatic N) is 2. The Morgan fingerprint density at radius 3 is 2.56 bits per heavy atom. The summed E-state index contributed by atoms with van der Waals surface area (Å²) in [5.74, 6) is 1.27. The highest BCUT2D eigenvalue weighted by Crippen LogP contribution is 2.26. The molecule has 0 aliphatic rings. The summed E-state index contributed by atoms with van der Waals surface area (Å²) in [4.78, 5) is 13.0. The molecule has 6 nitrogen and oxygen atoms in total. The molecule has 0 bridgehead atoms. The van der Waals surface area contributed by atoms with Crippen molar-refractivity contribution in [2.75, 3.05) is 14.2 Å². The van der Waals surface area contributed by atoms with E-state index in [1.54, 1.807) is 14.2 Å². The van der Waals surface area contributed by atoms with Crippen LogP contribution in [-0.4, -0.2) is 29.7 Å². The van der Waals surface area contributed by atoms with Gasteiger partial charge in [-0.15, -0.1) is 5.10 Å². The van der Waals surface area contributed by atoms with Gasteiger partial charge in [0, 0.05) is 17.7 Å². The highest BCUT2D eigenvalue weighted by atomic mass is 32.1. The third-order valence-electron chi connectivity index (χ3n) is 3.69. The standard InChI is InChI=1S/C18H17N3O3S/c1-23-14-9-7-12(8-10-14)16-17(25-21-20-16)18(22)19-11-13-5-3-4-6-15(13)24-2/h3-10H,11H2,1-2H3,(H,19,22). The molecule has 0 aliphatic carbocycles. The molecule has 1 aromatic heterocycles. The van der Waals surface area contributed by atoms with Gasteiger partial charge in [-0.3, -0.25) is 4.79 Å². The first-order chi connectivity index (χ1) is 12.2. The summed E-state index contributed by atoms with van der Waals surface area (Å²) in [5.41, 5.74) is 2.28. The Labute approximate surface area is 149 Å². The van der Waals surface area contributed by atoms with Crippen LogP contribution in [-0.2, 0) is 6.54 Å². The Hall–Kier alpha value is -2.93. The Balaban J connectivity index is 1.76. The van der Waals surface area contributed by atoms with E-state index >= 15 is 0 Å². The van der Waals surface area contributed by atoms with Crippen LogP contribution in [0.15, 0.2) is 48.5 Å². The van der Waals surface area contributed by atoms with Crippen molar-refractivity contribution in [3.8, 4) is 22.8 Å². The van der Waals surface area contributed by atoms with Crippen molar-refractivity contribution in [2.24, 2.45) is 0 Å². The topological polar surface area (TPSA) is 73.3 Å². The molecule has 0 saturated carbocycles. The molecule has 0 fully saturated rings. The van der Waals surface area contributed by atoms with Crippen molar-refractivity contribution in [3.05, 3.63) is 59.0 Å². The molecule has 2 aromatic carbocycles. The highest BCUT2D eigenvalue weighted by molar-refractivity contribution is 7.08. The van der Waals surface area contributed by atoms with Crippen LogP contribution in [0.5, 0.6) is 11.5 Å².